The van der Waals surface area contributed by atoms with Gasteiger partial charge in [0.25, 0.3) is 0 Å². The normalized spacial score (nSPS) is 11.8. The maximum Gasteiger partial charge on any atom is 0.306 e. The van der Waals surface area contributed by atoms with Crippen LogP contribution in [0.15, 0.2) is 0 Å². The molecule has 0 N–H and O–H groups in total. The van der Waals surface area contributed by atoms with E-state index in [1.807, 2.05) is 27.7 Å². The van der Waals surface area contributed by atoms with Crippen LogP contribution in [0.4, 0.5) is 0 Å². The number of hydrogen-bond donors (Lipinski definition) is 0. The highest BCUT2D eigenvalue weighted by molar-refractivity contribution is 9.10. The Kier molecular flexibility index (Phi) is 4.83. The summed E-state index contributed by atoms with van der Waals surface area (Å²) >= 11 is 3.40. The van der Waals surface area contributed by atoms with Crippen LogP contribution in [0, 0.1) is 5.92 Å². The molecule has 0 spiro atoms. The van der Waals surface area contributed by atoms with Gasteiger partial charge in [0.1, 0.15) is 6.61 Å². The summed E-state index contributed by atoms with van der Waals surface area (Å²) in [6, 6.07) is 0. The average molecular weight is 237 g/mol. The molecule has 0 bridgehead atoms. The lowest BCUT2D eigenvalue weighted by Crippen LogP contribution is -2.21. The van der Waals surface area contributed by atoms with E-state index < -0.39 is 0 Å². The number of halogens is 1. The van der Waals surface area contributed by atoms with Gasteiger partial charge in [-0.3, -0.25) is 4.79 Å². The van der Waals surface area contributed by atoms with Crippen LogP contribution in [0.25, 0.3) is 0 Å². The van der Waals surface area contributed by atoms with E-state index in [9.17, 15) is 4.79 Å². The van der Waals surface area contributed by atoms with E-state index in [1.54, 1.807) is 0 Å². The molecule has 0 aliphatic heterocycles. The van der Waals surface area contributed by atoms with Crippen molar-refractivity contribution < 1.29 is 9.53 Å². The predicted octanol–water partition coefficient (Wildman–Crippen LogP) is 2.75. The van der Waals surface area contributed by atoms with E-state index in [-0.39, 0.29) is 10.3 Å². The van der Waals surface area contributed by atoms with Crippen molar-refractivity contribution in [1.29, 1.82) is 0 Å². The summed E-state index contributed by atoms with van der Waals surface area (Å²) in [6.45, 7) is 8.37. The minimum atomic E-state index is -0.113. The molecule has 3 heteroatoms. The van der Waals surface area contributed by atoms with E-state index in [2.05, 4.69) is 15.9 Å². The molecule has 0 heterocycles. The highest BCUT2D eigenvalue weighted by Crippen LogP contribution is 2.16. The Balaban J connectivity index is 3.58. The highest BCUT2D eigenvalue weighted by atomic mass is 79.9. The van der Waals surface area contributed by atoms with E-state index in [1.165, 1.54) is 0 Å². The Morgan fingerprint density at radius 3 is 2.33 bits per heavy atom. The molecule has 0 unspecified atom stereocenters. The first-order valence-corrected chi connectivity index (χ1v) is 4.95. The van der Waals surface area contributed by atoms with Gasteiger partial charge in [-0.05, 0) is 19.8 Å². The number of esters is 1. The monoisotopic (exact) mass is 236 g/mol. The molecule has 0 saturated carbocycles. The van der Waals surface area contributed by atoms with Crippen LogP contribution in [0.1, 0.15) is 34.1 Å². The Labute approximate surface area is 82.8 Å². The van der Waals surface area contributed by atoms with Gasteiger partial charge in [0, 0.05) is 6.42 Å². The number of alkyl halides is 1. The quantitative estimate of drug-likeness (QED) is 0.555. The standard InChI is InChI=1S/C9H17BrO2/c1-7(2)5-8(11)12-6-9(3,4)10/h7H,5-6H2,1-4H3. The molecule has 0 amide bonds. The van der Waals surface area contributed by atoms with Gasteiger partial charge >= 0.3 is 5.97 Å². The topological polar surface area (TPSA) is 26.3 Å². The van der Waals surface area contributed by atoms with Crippen LogP contribution < -0.4 is 0 Å². The van der Waals surface area contributed by atoms with Crippen molar-refractivity contribution in [2.45, 2.75) is 38.4 Å². The molecule has 0 atom stereocenters. The summed E-state index contributed by atoms with van der Waals surface area (Å²) in [5, 5.41) is 0. The summed E-state index contributed by atoms with van der Waals surface area (Å²) in [7, 11) is 0. The van der Waals surface area contributed by atoms with Gasteiger partial charge in [0.05, 0.1) is 4.32 Å². The number of ether oxygens (including phenoxy) is 1. The summed E-state index contributed by atoms with van der Waals surface area (Å²) in [6.07, 6.45) is 0.503. The Morgan fingerprint density at radius 2 is 2.00 bits per heavy atom. The van der Waals surface area contributed by atoms with Gasteiger partial charge in [-0.15, -0.1) is 0 Å². The van der Waals surface area contributed by atoms with Crippen molar-refractivity contribution in [3.8, 4) is 0 Å². The van der Waals surface area contributed by atoms with Crippen LogP contribution in [-0.2, 0) is 9.53 Å². The van der Waals surface area contributed by atoms with Gasteiger partial charge in [-0.25, -0.2) is 0 Å². The molecule has 2 nitrogen and oxygen atoms in total. The second kappa shape index (κ2) is 4.85. The molecule has 0 aromatic carbocycles. The number of hydrogen-bond acceptors (Lipinski definition) is 2. The molecule has 72 valence electrons. The molecule has 0 radical (unpaired) electrons. The number of carbonyl (C=O) groups excluding carboxylic acids is 1. The fourth-order valence-electron chi connectivity index (χ4n) is 0.644. The van der Waals surface area contributed by atoms with Crippen LogP contribution in [0.2, 0.25) is 0 Å². The van der Waals surface area contributed by atoms with Crippen molar-refractivity contribution in [1.82, 2.24) is 0 Å². The summed E-state index contributed by atoms with van der Waals surface area (Å²) in [5.74, 6) is 0.258. The molecule has 0 aromatic rings. The smallest absolute Gasteiger partial charge is 0.306 e. The molecule has 0 fully saturated rings. The van der Waals surface area contributed by atoms with Crippen LogP contribution >= 0.6 is 15.9 Å². The van der Waals surface area contributed by atoms with Crippen molar-refractivity contribution in [3.05, 3.63) is 0 Å². The zero-order valence-electron chi connectivity index (χ0n) is 8.19. The molecular weight excluding hydrogens is 220 g/mol. The van der Waals surface area contributed by atoms with Crippen molar-refractivity contribution in [2.75, 3.05) is 6.61 Å². The largest absolute Gasteiger partial charge is 0.464 e. The lowest BCUT2D eigenvalue weighted by atomic mass is 10.1. The van der Waals surface area contributed by atoms with E-state index in [0.717, 1.165) is 0 Å². The number of carbonyl (C=O) groups is 1. The predicted molar refractivity (Wildman–Crippen MR) is 53.4 cm³/mol. The zero-order chi connectivity index (χ0) is 9.78. The zero-order valence-corrected chi connectivity index (χ0v) is 9.77. The van der Waals surface area contributed by atoms with Gasteiger partial charge in [0.15, 0.2) is 0 Å². The van der Waals surface area contributed by atoms with Crippen molar-refractivity contribution in [2.24, 2.45) is 5.92 Å². The molecule has 0 aromatic heterocycles. The first-order chi connectivity index (χ1) is 5.31. The molecule has 12 heavy (non-hydrogen) atoms. The van der Waals surface area contributed by atoms with E-state index in [0.29, 0.717) is 18.9 Å². The highest BCUT2D eigenvalue weighted by Gasteiger charge is 2.15. The van der Waals surface area contributed by atoms with Crippen LogP contribution in [0.5, 0.6) is 0 Å². The fourth-order valence-corrected chi connectivity index (χ4v) is 0.759. The first-order valence-electron chi connectivity index (χ1n) is 4.16. The third-order valence-electron chi connectivity index (χ3n) is 1.15. The second-order valence-electron chi connectivity index (χ2n) is 3.98. The minimum Gasteiger partial charge on any atom is -0.464 e. The summed E-state index contributed by atoms with van der Waals surface area (Å²) in [5.41, 5.74) is 0. The Hall–Kier alpha value is -0.0500. The molecule has 0 aliphatic carbocycles. The van der Waals surface area contributed by atoms with E-state index >= 15 is 0 Å². The fraction of sp³-hybridized carbons (Fsp3) is 0.889. The van der Waals surface area contributed by atoms with Gasteiger partial charge in [-0.2, -0.15) is 0 Å². The van der Waals surface area contributed by atoms with Crippen LogP contribution in [-0.4, -0.2) is 16.9 Å². The lowest BCUT2D eigenvalue weighted by Gasteiger charge is -2.16. The summed E-state index contributed by atoms with van der Waals surface area (Å²) in [4.78, 5) is 11.1. The summed E-state index contributed by atoms with van der Waals surface area (Å²) < 4.78 is 4.92. The second-order valence-corrected chi connectivity index (χ2v) is 6.12. The number of rotatable bonds is 4. The molecular formula is C9H17BrO2. The minimum absolute atomic E-state index is 0.111. The maximum atomic E-state index is 11.1. The molecule has 0 rings (SSSR count). The van der Waals surface area contributed by atoms with Crippen molar-refractivity contribution in [3.63, 3.8) is 0 Å². The Morgan fingerprint density at radius 1 is 1.50 bits per heavy atom. The third-order valence-corrected chi connectivity index (χ3v) is 1.38. The van der Waals surface area contributed by atoms with Crippen LogP contribution in [0.3, 0.4) is 0 Å². The average Bonchev–Trinajstić information content (AvgIpc) is 1.80. The SMILES string of the molecule is CC(C)CC(=O)OCC(C)(C)Br. The maximum absolute atomic E-state index is 11.1. The van der Waals surface area contributed by atoms with Crippen molar-refractivity contribution >= 4 is 21.9 Å². The van der Waals surface area contributed by atoms with Gasteiger partial charge in [0.2, 0.25) is 0 Å². The third kappa shape index (κ3) is 8.05. The van der Waals surface area contributed by atoms with Gasteiger partial charge < -0.3 is 4.74 Å². The lowest BCUT2D eigenvalue weighted by molar-refractivity contribution is -0.145. The van der Waals surface area contributed by atoms with Gasteiger partial charge in [-0.1, -0.05) is 29.8 Å². The Bertz CT molecular complexity index is 147. The molecule has 0 saturated heterocycles. The first kappa shape index (κ1) is 11.9. The van der Waals surface area contributed by atoms with E-state index in [4.69, 9.17) is 4.74 Å². The molecule has 0 aliphatic rings.